The van der Waals surface area contributed by atoms with Gasteiger partial charge in [0.1, 0.15) is 33.6 Å². The van der Waals surface area contributed by atoms with Crippen LogP contribution in [0.1, 0.15) is 0 Å². The van der Waals surface area contributed by atoms with Crippen molar-refractivity contribution < 1.29 is 0 Å². The third-order valence-electron chi connectivity index (χ3n) is 25.0. The van der Waals surface area contributed by atoms with E-state index in [0.29, 0.717) is 11.6 Å². The summed E-state index contributed by atoms with van der Waals surface area (Å²) in [5.41, 5.74) is 22.7. The highest BCUT2D eigenvalue weighted by Gasteiger charge is 2.44. The highest BCUT2D eigenvalue weighted by atomic mass is 28.3. The second kappa shape index (κ2) is 26.7. The van der Waals surface area contributed by atoms with Crippen LogP contribution in [0.5, 0.6) is 0 Å². The van der Waals surface area contributed by atoms with Crippen molar-refractivity contribution in [2.75, 3.05) is 0 Å². The molecule has 564 valence electrons. The van der Waals surface area contributed by atoms with Crippen molar-refractivity contribution >= 4 is 146 Å². The van der Waals surface area contributed by atoms with Crippen molar-refractivity contribution in [3.63, 3.8) is 0 Å². The maximum atomic E-state index is 5.62. The number of rotatable bonds is 9. The number of aromatic nitrogens is 12. The normalized spacial score (nSPS) is 13.1. The van der Waals surface area contributed by atoms with E-state index in [1.54, 1.807) is 0 Å². The van der Waals surface area contributed by atoms with Gasteiger partial charge in [0, 0.05) is 109 Å². The second-order valence-electron chi connectivity index (χ2n) is 32.5. The third kappa shape index (κ3) is 10.5. The van der Waals surface area contributed by atoms with Gasteiger partial charge in [-0.25, -0.2) is 39.9 Å². The molecule has 0 atom stereocenters. The number of hydrogen-bond acceptors (Lipinski definition) is 8. The SMILES string of the molecule is C[Si]1(C)c2ccccc2-c2c(-c3ccc4c(c3)c3ccccc3n4-c3ccccc3)nc(-c3ccc4c(c3)c3ccccc3n4-c3nc(-c4ccccc4)nc4ccccc34)nc21.C[Si]1(C)c2ccccc2-c2c(-n3c4ccccc4c4ccccc43)nc(-c3ccc4c(c3)c3ccccc3n4-c3nc(-c4ccccc4)nc4ccccc34)nc21. The van der Waals surface area contributed by atoms with E-state index in [2.05, 4.69) is 360 Å². The summed E-state index contributed by atoms with van der Waals surface area (Å²) >= 11 is 0. The summed E-state index contributed by atoms with van der Waals surface area (Å²) in [6, 6.07) is 129. The molecule has 0 spiro atoms. The predicted octanol–water partition coefficient (Wildman–Crippen LogP) is 23.2. The Bertz CT molecular complexity index is 8190. The number of nitrogens with zero attached hydrogens (tertiary/aromatic N) is 12. The zero-order chi connectivity index (χ0) is 79.6. The predicted molar refractivity (Wildman–Crippen MR) is 499 cm³/mol. The standard InChI is InChI=1S/C56H38N6Si.C50H34N6Si/c1-63(2)50-28-16-12-24-42(50)51-52(36-29-31-48-43(33-36)39-21-10-14-26-46(39)61(48)38-19-7-4-8-20-38)58-54(60-56(51)63)37-30-32-49-44(34-37)40-22-11-15-27-47(40)62(49)55-41-23-9-13-25-45(41)57-53(59-55)35-17-5-3-6-18-35;1-57(2)44-27-15-10-22-37(44)45-49(56-40-24-12-7-18-33(40)34-19-8-13-25-41(34)56)53-47(54-50(45)57)32-28-29-43-38(30-32)35-20-9-14-26-42(35)55(43)48-36-21-6-11-23-39(36)51-46(52-48)31-16-4-3-5-17-31/h3-34H,1-2H3;3-30H,1-2H3. The van der Waals surface area contributed by atoms with Gasteiger partial charge in [0.15, 0.2) is 23.3 Å². The summed E-state index contributed by atoms with van der Waals surface area (Å²) in [6.45, 7) is 9.72. The first kappa shape index (κ1) is 69.1. The van der Waals surface area contributed by atoms with Crippen molar-refractivity contribution in [1.82, 2.24) is 58.1 Å². The first-order valence-corrected chi connectivity index (χ1v) is 46.9. The smallest absolute Gasteiger partial charge is 0.162 e. The first-order valence-electron chi connectivity index (χ1n) is 40.9. The number of benzene rings is 15. The Kier molecular flexibility index (Phi) is 15.4. The average Bonchev–Trinajstić information content (AvgIpc) is 1.55. The van der Waals surface area contributed by atoms with Crippen LogP contribution < -0.4 is 21.0 Å². The molecule has 0 N–H and O–H groups in total. The summed E-state index contributed by atoms with van der Waals surface area (Å²) in [5.74, 6) is 5.50. The minimum atomic E-state index is -2.22. The monoisotopic (exact) mass is 1570 g/mol. The van der Waals surface area contributed by atoms with Crippen molar-refractivity contribution in [3.8, 4) is 102 Å². The summed E-state index contributed by atoms with van der Waals surface area (Å²) in [4.78, 5) is 43.0. The zero-order valence-corrected chi connectivity index (χ0v) is 68.0. The van der Waals surface area contributed by atoms with Gasteiger partial charge in [0.25, 0.3) is 0 Å². The number of fused-ring (bicyclic) bond motifs is 20. The van der Waals surface area contributed by atoms with Gasteiger partial charge in [0.05, 0.1) is 60.9 Å². The molecule has 12 nitrogen and oxygen atoms in total. The highest BCUT2D eigenvalue weighted by Crippen LogP contribution is 2.45. The Morgan fingerprint density at radius 1 is 0.208 bits per heavy atom. The Balaban J connectivity index is 0.000000137. The van der Waals surface area contributed by atoms with E-state index in [-0.39, 0.29) is 0 Å². The molecule has 8 aromatic heterocycles. The van der Waals surface area contributed by atoms with E-state index in [1.165, 1.54) is 70.3 Å². The van der Waals surface area contributed by atoms with Gasteiger partial charge in [-0.1, -0.05) is 275 Å². The van der Waals surface area contributed by atoms with E-state index in [9.17, 15) is 0 Å². The highest BCUT2D eigenvalue weighted by molar-refractivity contribution is 7.04. The summed E-state index contributed by atoms with van der Waals surface area (Å²) < 4.78 is 9.34. The molecule has 2 aliphatic heterocycles. The minimum absolute atomic E-state index is 0.696. The lowest BCUT2D eigenvalue weighted by Gasteiger charge is -2.19. The second-order valence-corrected chi connectivity index (χ2v) is 41.0. The van der Waals surface area contributed by atoms with E-state index < -0.39 is 16.1 Å². The van der Waals surface area contributed by atoms with Crippen LogP contribution in [0.25, 0.3) is 211 Å². The molecule has 0 radical (unpaired) electrons. The fourth-order valence-corrected chi connectivity index (χ4v) is 25.2. The van der Waals surface area contributed by atoms with Crippen LogP contribution in [0, 0.1) is 0 Å². The topological polar surface area (TPSA) is 123 Å². The number of hydrogen-bond donors (Lipinski definition) is 0. The van der Waals surface area contributed by atoms with Crippen LogP contribution in [-0.2, 0) is 0 Å². The summed E-state index contributed by atoms with van der Waals surface area (Å²) in [6.07, 6.45) is 0. The molecule has 0 saturated heterocycles. The molecule has 10 heterocycles. The molecular weight excluding hydrogens is 1500 g/mol. The lowest BCUT2D eigenvalue weighted by molar-refractivity contribution is 1.06. The van der Waals surface area contributed by atoms with Crippen LogP contribution >= 0.6 is 0 Å². The molecule has 0 bridgehead atoms. The number of para-hydroxylation sites is 8. The molecule has 14 heteroatoms. The van der Waals surface area contributed by atoms with E-state index in [0.717, 1.165) is 150 Å². The van der Waals surface area contributed by atoms with Crippen LogP contribution in [0.3, 0.4) is 0 Å². The minimum Gasteiger partial charge on any atom is -0.309 e. The zero-order valence-electron chi connectivity index (χ0n) is 66.0. The Hall–Kier alpha value is -15.2. The maximum absolute atomic E-state index is 5.62. The van der Waals surface area contributed by atoms with Gasteiger partial charge in [-0.2, -0.15) is 0 Å². The van der Waals surface area contributed by atoms with Gasteiger partial charge in [0.2, 0.25) is 0 Å². The Labute approximate surface area is 692 Å². The third-order valence-corrected chi connectivity index (χ3v) is 31.6. The molecule has 23 aromatic rings. The molecule has 2 aliphatic rings. The largest absolute Gasteiger partial charge is 0.309 e. The maximum Gasteiger partial charge on any atom is 0.162 e. The van der Waals surface area contributed by atoms with E-state index >= 15 is 0 Å². The van der Waals surface area contributed by atoms with Crippen LogP contribution in [0.2, 0.25) is 26.2 Å². The Morgan fingerprint density at radius 2 is 0.517 bits per heavy atom. The van der Waals surface area contributed by atoms with Crippen molar-refractivity contribution in [3.05, 3.63) is 364 Å². The van der Waals surface area contributed by atoms with Crippen molar-refractivity contribution in [2.45, 2.75) is 26.2 Å². The molecule has 25 rings (SSSR count). The molecule has 0 fully saturated rings. The van der Waals surface area contributed by atoms with Gasteiger partial charge in [-0.3, -0.25) is 13.7 Å². The van der Waals surface area contributed by atoms with Gasteiger partial charge in [-0.05, 0) is 137 Å². The Morgan fingerprint density at radius 3 is 0.983 bits per heavy atom. The van der Waals surface area contributed by atoms with Gasteiger partial charge in [-0.15, -0.1) is 0 Å². The van der Waals surface area contributed by atoms with Gasteiger partial charge < -0.3 is 4.57 Å². The molecular formula is C106H72N12Si2. The molecule has 0 saturated carbocycles. The quantitative estimate of drug-likeness (QED) is 0.131. The van der Waals surface area contributed by atoms with E-state index in [4.69, 9.17) is 39.9 Å². The van der Waals surface area contributed by atoms with Crippen LogP contribution in [-0.4, -0.2) is 74.3 Å². The molecule has 120 heavy (non-hydrogen) atoms. The van der Waals surface area contributed by atoms with Crippen molar-refractivity contribution in [1.29, 1.82) is 0 Å². The van der Waals surface area contributed by atoms with Crippen molar-refractivity contribution in [2.24, 2.45) is 0 Å². The van der Waals surface area contributed by atoms with Gasteiger partial charge >= 0.3 is 0 Å². The molecule has 0 aliphatic carbocycles. The first-order chi connectivity index (χ1) is 59.1. The van der Waals surface area contributed by atoms with Crippen LogP contribution in [0.15, 0.2) is 364 Å². The summed E-state index contributed by atoms with van der Waals surface area (Å²) in [5, 5.41) is 16.5. The molecule has 0 amide bonds. The average molecular weight is 1570 g/mol. The lowest BCUT2D eigenvalue weighted by Crippen LogP contribution is -2.51. The van der Waals surface area contributed by atoms with E-state index in [1.807, 2.05) is 48.5 Å². The molecule has 15 aromatic carbocycles. The van der Waals surface area contributed by atoms with Crippen LogP contribution in [0.4, 0.5) is 0 Å². The summed E-state index contributed by atoms with van der Waals surface area (Å²) in [7, 11) is -4.42. The fraction of sp³-hybridized carbons (Fsp3) is 0.0377. The fourth-order valence-electron chi connectivity index (χ4n) is 19.4. The molecule has 0 unspecified atom stereocenters. The lowest BCUT2D eigenvalue weighted by atomic mass is 9.99.